The first-order valence-corrected chi connectivity index (χ1v) is 8.40. The Kier molecular flexibility index (Phi) is 4.31. The molecule has 3 heterocycles. The Morgan fingerprint density at radius 1 is 1.22 bits per heavy atom. The fourth-order valence-corrected chi connectivity index (χ4v) is 4.28. The Hall–Kier alpha value is -1.63. The van der Waals surface area contributed by atoms with Gasteiger partial charge in [0.2, 0.25) is 11.8 Å². The zero-order valence-corrected chi connectivity index (χ0v) is 13.7. The van der Waals surface area contributed by atoms with E-state index in [0.717, 1.165) is 19.3 Å². The van der Waals surface area contributed by atoms with Gasteiger partial charge in [0.1, 0.15) is 5.41 Å². The second-order valence-electron chi connectivity index (χ2n) is 7.26. The van der Waals surface area contributed by atoms with Crippen LogP contribution in [0.3, 0.4) is 0 Å². The van der Waals surface area contributed by atoms with Gasteiger partial charge in [0.25, 0.3) is 0 Å². The number of carbonyl (C=O) groups excluding carboxylic acids is 2. The third-order valence-electron chi connectivity index (χ3n) is 5.56. The van der Waals surface area contributed by atoms with Crippen molar-refractivity contribution >= 4 is 17.8 Å². The molecule has 7 nitrogen and oxygen atoms in total. The van der Waals surface area contributed by atoms with Gasteiger partial charge in [0, 0.05) is 45.1 Å². The third kappa shape index (κ3) is 2.94. The van der Waals surface area contributed by atoms with E-state index >= 15 is 0 Å². The fraction of sp³-hybridized carbons (Fsp3) is 0.812. The predicted molar refractivity (Wildman–Crippen MR) is 82.7 cm³/mol. The molecule has 128 valence electrons. The quantitative estimate of drug-likeness (QED) is 0.782. The maximum Gasteiger partial charge on any atom is 0.313 e. The van der Waals surface area contributed by atoms with Gasteiger partial charge in [0.15, 0.2) is 0 Å². The van der Waals surface area contributed by atoms with Crippen molar-refractivity contribution in [2.45, 2.75) is 25.7 Å². The molecule has 0 aliphatic carbocycles. The maximum absolute atomic E-state index is 12.6. The summed E-state index contributed by atoms with van der Waals surface area (Å²) in [5, 5.41) is 9.66. The summed E-state index contributed by atoms with van der Waals surface area (Å²) in [6.45, 7) is 2.67. The topological polar surface area (TPSA) is 81.2 Å². The van der Waals surface area contributed by atoms with Crippen LogP contribution in [0.5, 0.6) is 0 Å². The van der Waals surface area contributed by atoms with Crippen LogP contribution in [0.25, 0.3) is 0 Å². The molecule has 3 aliphatic rings. The highest BCUT2D eigenvalue weighted by molar-refractivity contribution is 5.86. The predicted octanol–water partition coefficient (Wildman–Crippen LogP) is -0.136. The lowest BCUT2D eigenvalue weighted by molar-refractivity contribution is -0.149. The Labute approximate surface area is 136 Å². The van der Waals surface area contributed by atoms with Crippen molar-refractivity contribution in [1.82, 2.24) is 14.7 Å². The molecule has 2 atom stereocenters. The van der Waals surface area contributed by atoms with Gasteiger partial charge in [-0.1, -0.05) is 6.42 Å². The average molecular weight is 323 g/mol. The van der Waals surface area contributed by atoms with Crippen LogP contribution in [0.1, 0.15) is 25.7 Å². The van der Waals surface area contributed by atoms with Crippen molar-refractivity contribution in [3.8, 4) is 0 Å². The van der Waals surface area contributed by atoms with E-state index in [1.54, 1.807) is 9.80 Å². The molecule has 0 spiro atoms. The zero-order valence-electron chi connectivity index (χ0n) is 13.7. The molecule has 0 bridgehead atoms. The van der Waals surface area contributed by atoms with Gasteiger partial charge < -0.3 is 19.8 Å². The highest BCUT2D eigenvalue weighted by Crippen LogP contribution is 2.42. The Morgan fingerprint density at radius 2 is 2.00 bits per heavy atom. The Balaban J connectivity index is 1.65. The number of carbonyl (C=O) groups is 3. The molecule has 3 aliphatic heterocycles. The number of hydrogen-bond donors (Lipinski definition) is 1. The van der Waals surface area contributed by atoms with Crippen LogP contribution in [-0.2, 0) is 14.4 Å². The van der Waals surface area contributed by atoms with Crippen molar-refractivity contribution in [2.24, 2.45) is 11.3 Å². The molecule has 1 N–H and O–H groups in total. The maximum atomic E-state index is 12.6. The van der Waals surface area contributed by atoms with Crippen molar-refractivity contribution in [1.29, 1.82) is 0 Å². The van der Waals surface area contributed by atoms with E-state index in [1.807, 2.05) is 11.9 Å². The Morgan fingerprint density at radius 3 is 2.70 bits per heavy atom. The zero-order chi connectivity index (χ0) is 16.6. The molecular weight excluding hydrogens is 298 g/mol. The van der Waals surface area contributed by atoms with Crippen LogP contribution in [0.15, 0.2) is 0 Å². The second-order valence-corrected chi connectivity index (χ2v) is 7.26. The van der Waals surface area contributed by atoms with E-state index in [4.69, 9.17) is 0 Å². The molecule has 0 unspecified atom stereocenters. The third-order valence-corrected chi connectivity index (χ3v) is 5.56. The van der Waals surface area contributed by atoms with Gasteiger partial charge in [0.05, 0.1) is 6.54 Å². The normalized spacial score (nSPS) is 32.0. The number of carboxylic acids is 1. The van der Waals surface area contributed by atoms with Gasteiger partial charge in [-0.15, -0.1) is 0 Å². The molecule has 2 amide bonds. The number of rotatable bonds is 3. The summed E-state index contributed by atoms with van der Waals surface area (Å²) in [6, 6.07) is 0. The van der Waals surface area contributed by atoms with Gasteiger partial charge in [-0.3, -0.25) is 14.4 Å². The minimum absolute atomic E-state index is 0.0196. The molecule has 0 radical (unpaired) electrons. The molecule has 0 aromatic heterocycles. The SMILES string of the molecule is CN1C[C@H]2CN(C(=O)CN3CCCCCC3=O)C[C@@]2(C(=O)O)C1. The van der Waals surface area contributed by atoms with Crippen molar-refractivity contribution in [3.63, 3.8) is 0 Å². The van der Waals surface area contributed by atoms with Gasteiger partial charge in [-0.05, 0) is 19.9 Å². The molecule has 3 saturated heterocycles. The van der Waals surface area contributed by atoms with Gasteiger partial charge in [-0.25, -0.2) is 0 Å². The summed E-state index contributed by atoms with van der Waals surface area (Å²) in [5.74, 6) is -0.900. The highest BCUT2D eigenvalue weighted by atomic mass is 16.4. The summed E-state index contributed by atoms with van der Waals surface area (Å²) < 4.78 is 0. The van der Waals surface area contributed by atoms with Gasteiger partial charge >= 0.3 is 5.97 Å². The molecule has 3 fully saturated rings. The van der Waals surface area contributed by atoms with Crippen molar-refractivity contribution in [2.75, 3.05) is 46.3 Å². The van der Waals surface area contributed by atoms with Crippen LogP contribution in [-0.4, -0.2) is 83.9 Å². The summed E-state index contributed by atoms with van der Waals surface area (Å²) in [4.78, 5) is 41.7. The molecule has 0 aromatic carbocycles. The number of aliphatic carboxylic acids is 1. The first kappa shape index (κ1) is 16.2. The first-order valence-electron chi connectivity index (χ1n) is 8.40. The molecular formula is C16H25N3O4. The van der Waals surface area contributed by atoms with Crippen LogP contribution in [0.2, 0.25) is 0 Å². The molecule has 23 heavy (non-hydrogen) atoms. The summed E-state index contributed by atoms with van der Waals surface area (Å²) >= 11 is 0. The lowest BCUT2D eigenvalue weighted by Crippen LogP contribution is -2.45. The number of hydrogen-bond acceptors (Lipinski definition) is 4. The minimum atomic E-state index is -0.840. The number of carboxylic acid groups (broad SMARTS) is 1. The van der Waals surface area contributed by atoms with Crippen molar-refractivity contribution < 1.29 is 19.5 Å². The molecule has 0 aromatic rings. The van der Waals surface area contributed by atoms with Crippen molar-refractivity contribution in [3.05, 3.63) is 0 Å². The lowest BCUT2D eigenvalue weighted by atomic mass is 9.81. The summed E-state index contributed by atoms with van der Waals surface area (Å²) in [6.07, 6.45) is 3.37. The lowest BCUT2D eigenvalue weighted by Gasteiger charge is -2.26. The van der Waals surface area contributed by atoms with E-state index in [2.05, 4.69) is 0 Å². The average Bonchev–Trinajstić information content (AvgIpc) is 2.91. The van der Waals surface area contributed by atoms with E-state index in [-0.39, 0.29) is 30.8 Å². The summed E-state index contributed by atoms with van der Waals surface area (Å²) in [7, 11) is 1.92. The monoisotopic (exact) mass is 323 g/mol. The molecule has 0 saturated carbocycles. The minimum Gasteiger partial charge on any atom is -0.481 e. The number of fused-ring (bicyclic) bond motifs is 1. The standard InChI is InChI=1S/C16H25N3O4/c1-17-7-12-8-19(11-16(12,10-17)15(22)23)14(21)9-18-6-4-2-3-5-13(18)20/h12H,2-11H2,1H3,(H,22,23)/t12-,16-/m0/s1. The van der Waals surface area contributed by atoms with Crippen LogP contribution >= 0.6 is 0 Å². The van der Waals surface area contributed by atoms with Crippen LogP contribution in [0, 0.1) is 11.3 Å². The Bertz CT molecular complexity index is 523. The van der Waals surface area contributed by atoms with E-state index in [0.29, 0.717) is 32.6 Å². The van der Waals surface area contributed by atoms with E-state index in [9.17, 15) is 19.5 Å². The van der Waals surface area contributed by atoms with E-state index in [1.165, 1.54) is 0 Å². The van der Waals surface area contributed by atoms with Crippen LogP contribution < -0.4 is 0 Å². The number of nitrogens with zero attached hydrogens (tertiary/aromatic N) is 3. The smallest absolute Gasteiger partial charge is 0.313 e. The molecule has 7 heteroatoms. The first-order chi connectivity index (χ1) is 10.9. The van der Waals surface area contributed by atoms with Crippen LogP contribution in [0.4, 0.5) is 0 Å². The fourth-order valence-electron chi connectivity index (χ4n) is 4.28. The highest BCUT2D eigenvalue weighted by Gasteiger charge is 2.57. The number of likely N-dealkylation sites (tertiary alicyclic amines) is 3. The number of amides is 2. The van der Waals surface area contributed by atoms with Gasteiger partial charge in [-0.2, -0.15) is 0 Å². The van der Waals surface area contributed by atoms with E-state index < -0.39 is 11.4 Å². The largest absolute Gasteiger partial charge is 0.481 e. The molecule has 3 rings (SSSR count). The second kappa shape index (κ2) is 6.11. The summed E-state index contributed by atoms with van der Waals surface area (Å²) in [5.41, 5.74) is -0.840.